The van der Waals surface area contributed by atoms with E-state index in [1.807, 2.05) is 11.4 Å². The molecular weight excluding hydrogens is 324 g/mol. The third kappa shape index (κ3) is 3.82. The predicted molar refractivity (Wildman–Crippen MR) is 82.6 cm³/mol. The summed E-state index contributed by atoms with van der Waals surface area (Å²) in [7, 11) is 0. The highest BCUT2D eigenvalue weighted by Gasteiger charge is 2.33. The first-order valence-corrected chi connectivity index (χ1v) is 8.59. The second kappa shape index (κ2) is 6.40. The van der Waals surface area contributed by atoms with E-state index in [0.29, 0.717) is 22.6 Å². The third-order valence-corrected chi connectivity index (χ3v) is 5.66. The van der Waals surface area contributed by atoms with Crippen LogP contribution in [0.15, 0.2) is 15.9 Å². The van der Waals surface area contributed by atoms with Gasteiger partial charge in [-0.3, -0.25) is 0 Å². The molecule has 1 heterocycles. The molecule has 2 nitrogen and oxygen atoms in total. The maximum atomic E-state index is 12.2. The Balaban J connectivity index is 2.04. The molecule has 0 aromatic carbocycles. The topological polar surface area (TPSA) is 26.3 Å². The Hall–Kier alpha value is -0.350. The second-order valence-corrected chi connectivity index (χ2v) is 7.73. The fourth-order valence-corrected chi connectivity index (χ4v) is 4.17. The fourth-order valence-electron chi connectivity index (χ4n) is 2.87. The zero-order chi connectivity index (χ0) is 14.0. The minimum absolute atomic E-state index is 0.0807. The number of ether oxygens (including phenoxy) is 1. The molecular formula is C15H21BrO2S. The maximum absolute atomic E-state index is 12.2. The van der Waals surface area contributed by atoms with E-state index in [9.17, 15) is 4.79 Å². The molecule has 0 unspecified atom stereocenters. The van der Waals surface area contributed by atoms with E-state index < -0.39 is 0 Å². The lowest BCUT2D eigenvalue weighted by atomic mass is 9.75. The highest BCUT2D eigenvalue weighted by atomic mass is 79.9. The second-order valence-electron chi connectivity index (χ2n) is 5.90. The van der Waals surface area contributed by atoms with Gasteiger partial charge in [0.1, 0.15) is 11.0 Å². The van der Waals surface area contributed by atoms with Crippen LogP contribution in [0, 0.1) is 17.8 Å². The van der Waals surface area contributed by atoms with Crippen molar-refractivity contribution in [3.05, 3.63) is 20.8 Å². The van der Waals surface area contributed by atoms with Gasteiger partial charge in [-0.05, 0) is 52.6 Å². The number of carbonyl (C=O) groups is 1. The van der Waals surface area contributed by atoms with E-state index in [1.165, 1.54) is 24.2 Å². The molecule has 1 aromatic rings. The third-order valence-electron chi connectivity index (χ3n) is 3.99. The van der Waals surface area contributed by atoms with Crippen molar-refractivity contribution in [2.45, 2.75) is 46.1 Å². The van der Waals surface area contributed by atoms with Gasteiger partial charge in [-0.2, -0.15) is 0 Å². The van der Waals surface area contributed by atoms with Gasteiger partial charge in [-0.15, -0.1) is 11.3 Å². The molecule has 0 amide bonds. The largest absolute Gasteiger partial charge is 0.458 e. The van der Waals surface area contributed by atoms with Crippen LogP contribution in [0.5, 0.6) is 0 Å². The fraction of sp³-hybridized carbons (Fsp3) is 0.667. The quantitative estimate of drug-likeness (QED) is 0.710. The van der Waals surface area contributed by atoms with Gasteiger partial charge in [0.05, 0.1) is 0 Å². The molecule has 1 aliphatic carbocycles. The van der Waals surface area contributed by atoms with Crippen molar-refractivity contribution in [2.75, 3.05) is 0 Å². The summed E-state index contributed by atoms with van der Waals surface area (Å²) in [4.78, 5) is 12.9. The van der Waals surface area contributed by atoms with Gasteiger partial charge >= 0.3 is 5.97 Å². The van der Waals surface area contributed by atoms with Crippen LogP contribution in [0.25, 0.3) is 0 Å². The van der Waals surface area contributed by atoms with Crippen molar-refractivity contribution in [3.8, 4) is 0 Å². The molecule has 4 heteroatoms. The summed E-state index contributed by atoms with van der Waals surface area (Å²) >= 11 is 4.81. The summed E-state index contributed by atoms with van der Waals surface area (Å²) in [5.41, 5.74) is 0. The zero-order valence-electron chi connectivity index (χ0n) is 11.7. The standard InChI is InChI=1S/C15H21BrO2S/c1-9(2)12-5-4-10(3)6-13(12)18-15(17)14-7-11(16)8-19-14/h7-10,12-13H,4-6H2,1-3H3/t10-,12+,13-/m1/s1. The summed E-state index contributed by atoms with van der Waals surface area (Å²) in [5, 5.41) is 1.92. The van der Waals surface area contributed by atoms with Crippen molar-refractivity contribution < 1.29 is 9.53 Å². The Morgan fingerprint density at radius 1 is 1.47 bits per heavy atom. The van der Waals surface area contributed by atoms with Gasteiger partial charge in [-0.1, -0.05) is 27.2 Å². The Kier molecular flexibility index (Phi) is 5.07. The molecule has 1 aromatic heterocycles. The number of hydrogen-bond donors (Lipinski definition) is 0. The van der Waals surface area contributed by atoms with E-state index in [-0.39, 0.29) is 12.1 Å². The molecule has 0 bridgehead atoms. The monoisotopic (exact) mass is 344 g/mol. The predicted octanol–water partition coefficient (Wildman–Crippen LogP) is 5.13. The van der Waals surface area contributed by atoms with E-state index in [0.717, 1.165) is 10.9 Å². The molecule has 106 valence electrons. The molecule has 0 saturated heterocycles. The molecule has 1 aliphatic rings. The van der Waals surface area contributed by atoms with Crippen LogP contribution in [0.2, 0.25) is 0 Å². The average Bonchev–Trinajstić information content (AvgIpc) is 2.75. The maximum Gasteiger partial charge on any atom is 0.348 e. The molecule has 1 fully saturated rings. The minimum Gasteiger partial charge on any atom is -0.458 e. The van der Waals surface area contributed by atoms with Crippen molar-refractivity contribution in [1.29, 1.82) is 0 Å². The number of rotatable bonds is 3. The van der Waals surface area contributed by atoms with Crippen molar-refractivity contribution in [2.24, 2.45) is 17.8 Å². The van der Waals surface area contributed by atoms with Crippen molar-refractivity contribution >= 4 is 33.2 Å². The van der Waals surface area contributed by atoms with Crippen LogP contribution in [-0.4, -0.2) is 12.1 Å². The van der Waals surface area contributed by atoms with Gasteiger partial charge in [0.15, 0.2) is 0 Å². The first-order chi connectivity index (χ1) is 8.97. The molecule has 1 saturated carbocycles. The van der Waals surface area contributed by atoms with Crippen LogP contribution >= 0.6 is 27.3 Å². The number of esters is 1. The Morgan fingerprint density at radius 3 is 2.79 bits per heavy atom. The van der Waals surface area contributed by atoms with Gasteiger partial charge in [0.2, 0.25) is 0 Å². The molecule has 3 atom stereocenters. The Morgan fingerprint density at radius 2 is 2.21 bits per heavy atom. The van der Waals surface area contributed by atoms with Gasteiger partial charge in [0, 0.05) is 9.85 Å². The van der Waals surface area contributed by atoms with Crippen LogP contribution in [-0.2, 0) is 4.74 Å². The highest BCUT2D eigenvalue weighted by Crippen LogP contribution is 2.36. The average molecular weight is 345 g/mol. The van der Waals surface area contributed by atoms with E-state index in [2.05, 4.69) is 36.7 Å². The first kappa shape index (κ1) is 15.0. The number of carbonyl (C=O) groups excluding carboxylic acids is 1. The normalized spacial score (nSPS) is 27.5. The van der Waals surface area contributed by atoms with Gasteiger partial charge in [0.25, 0.3) is 0 Å². The Labute approximate surface area is 127 Å². The Bertz CT molecular complexity index is 441. The highest BCUT2D eigenvalue weighted by molar-refractivity contribution is 9.10. The molecule has 19 heavy (non-hydrogen) atoms. The smallest absolute Gasteiger partial charge is 0.348 e. The molecule has 2 rings (SSSR count). The SMILES string of the molecule is CC(C)[C@@H]1CC[C@@H](C)C[C@H]1OC(=O)c1cc(Br)cs1. The van der Waals surface area contributed by atoms with Crippen molar-refractivity contribution in [3.63, 3.8) is 0 Å². The zero-order valence-corrected chi connectivity index (χ0v) is 14.1. The molecule has 0 spiro atoms. The van der Waals surface area contributed by atoms with Crippen LogP contribution < -0.4 is 0 Å². The number of hydrogen-bond acceptors (Lipinski definition) is 3. The van der Waals surface area contributed by atoms with Crippen LogP contribution in [0.1, 0.15) is 49.7 Å². The molecule has 0 N–H and O–H groups in total. The number of thiophene rings is 1. The lowest BCUT2D eigenvalue weighted by Gasteiger charge is -2.36. The summed E-state index contributed by atoms with van der Waals surface area (Å²) in [6.07, 6.45) is 3.50. The summed E-state index contributed by atoms with van der Waals surface area (Å²) in [5.74, 6) is 1.56. The van der Waals surface area contributed by atoms with E-state index in [1.54, 1.807) is 0 Å². The van der Waals surface area contributed by atoms with Gasteiger partial charge < -0.3 is 4.74 Å². The molecule has 0 radical (unpaired) electrons. The van der Waals surface area contributed by atoms with Gasteiger partial charge in [-0.25, -0.2) is 4.79 Å². The summed E-state index contributed by atoms with van der Waals surface area (Å²) < 4.78 is 6.73. The number of halogens is 1. The summed E-state index contributed by atoms with van der Waals surface area (Å²) in [6, 6.07) is 1.84. The first-order valence-electron chi connectivity index (χ1n) is 6.92. The molecule has 0 aliphatic heterocycles. The van der Waals surface area contributed by atoms with E-state index >= 15 is 0 Å². The lowest BCUT2D eigenvalue weighted by Crippen LogP contribution is -2.35. The lowest BCUT2D eigenvalue weighted by molar-refractivity contribution is -0.0169. The van der Waals surface area contributed by atoms with Crippen molar-refractivity contribution in [1.82, 2.24) is 0 Å². The van der Waals surface area contributed by atoms with E-state index in [4.69, 9.17) is 4.74 Å². The van der Waals surface area contributed by atoms with Crippen LogP contribution in [0.3, 0.4) is 0 Å². The van der Waals surface area contributed by atoms with Crippen LogP contribution in [0.4, 0.5) is 0 Å². The minimum atomic E-state index is -0.166. The summed E-state index contributed by atoms with van der Waals surface area (Å²) in [6.45, 7) is 6.70.